The number of nitrogens with one attached hydrogen (secondary N) is 1. The maximum absolute atomic E-state index is 12.9. The van der Waals surface area contributed by atoms with Gasteiger partial charge < -0.3 is 11.1 Å². The molecule has 1 heterocycles. The molecule has 1 fully saturated rings. The first-order chi connectivity index (χ1) is 9.75. The Kier molecular flexibility index (Phi) is 4.25. The fourth-order valence-electron chi connectivity index (χ4n) is 2.69. The molecule has 1 amide bonds. The summed E-state index contributed by atoms with van der Waals surface area (Å²) < 4.78 is 27.1. The van der Waals surface area contributed by atoms with Crippen LogP contribution in [0.2, 0.25) is 0 Å². The predicted molar refractivity (Wildman–Crippen MR) is 81.5 cm³/mol. The van der Waals surface area contributed by atoms with Crippen molar-refractivity contribution in [3.63, 3.8) is 0 Å². The molecule has 116 valence electrons. The Bertz CT molecular complexity index is 683. The molecule has 0 aromatic heterocycles. The van der Waals surface area contributed by atoms with Crippen LogP contribution in [0.15, 0.2) is 11.0 Å². The van der Waals surface area contributed by atoms with E-state index in [2.05, 4.69) is 5.32 Å². The molecule has 7 heteroatoms. The SMILES string of the molecule is Cc1cc(C)c(S(=O)(=O)N2CCNC(=O)CC2)c(C)c1N. The molecule has 0 saturated carbocycles. The first-order valence-electron chi connectivity index (χ1n) is 6.88. The third-order valence-electron chi connectivity index (χ3n) is 3.83. The average molecular weight is 311 g/mol. The van der Waals surface area contributed by atoms with E-state index in [1.54, 1.807) is 19.9 Å². The Morgan fingerprint density at radius 2 is 1.86 bits per heavy atom. The monoisotopic (exact) mass is 311 g/mol. The number of carbonyl (C=O) groups excluding carboxylic acids is 1. The largest absolute Gasteiger partial charge is 0.398 e. The van der Waals surface area contributed by atoms with Crippen LogP contribution >= 0.6 is 0 Å². The number of hydrogen-bond acceptors (Lipinski definition) is 4. The molecule has 0 spiro atoms. The summed E-state index contributed by atoms with van der Waals surface area (Å²) in [6.07, 6.45) is 0.179. The molecule has 0 radical (unpaired) electrons. The number of benzene rings is 1. The van der Waals surface area contributed by atoms with Crippen molar-refractivity contribution in [2.24, 2.45) is 0 Å². The van der Waals surface area contributed by atoms with E-state index in [1.165, 1.54) is 4.31 Å². The lowest BCUT2D eigenvalue weighted by atomic mass is 10.1. The molecule has 3 N–H and O–H groups in total. The quantitative estimate of drug-likeness (QED) is 0.787. The van der Waals surface area contributed by atoms with Gasteiger partial charge in [-0.2, -0.15) is 4.31 Å². The van der Waals surface area contributed by atoms with Crippen LogP contribution in [0.4, 0.5) is 5.69 Å². The zero-order valence-corrected chi connectivity index (χ0v) is 13.4. The van der Waals surface area contributed by atoms with E-state index >= 15 is 0 Å². The van der Waals surface area contributed by atoms with E-state index in [-0.39, 0.29) is 30.3 Å². The number of carbonyl (C=O) groups is 1. The number of hydrogen-bond donors (Lipinski definition) is 2. The zero-order chi connectivity index (χ0) is 15.8. The molecule has 1 aliphatic rings. The fourth-order valence-corrected chi connectivity index (χ4v) is 4.58. The van der Waals surface area contributed by atoms with Gasteiger partial charge in [-0.25, -0.2) is 8.42 Å². The molecular formula is C14H21N3O3S. The van der Waals surface area contributed by atoms with Crippen molar-refractivity contribution >= 4 is 21.6 Å². The maximum Gasteiger partial charge on any atom is 0.243 e. The lowest BCUT2D eigenvalue weighted by Gasteiger charge is -2.23. The number of aryl methyl sites for hydroxylation is 2. The van der Waals surface area contributed by atoms with Gasteiger partial charge >= 0.3 is 0 Å². The van der Waals surface area contributed by atoms with Gasteiger partial charge in [-0.3, -0.25) is 4.79 Å². The molecule has 0 aliphatic carbocycles. The summed E-state index contributed by atoms with van der Waals surface area (Å²) in [4.78, 5) is 11.6. The maximum atomic E-state index is 12.9. The van der Waals surface area contributed by atoms with Crippen molar-refractivity contribution in [1.82, 2.24) is 9.62 Å². The Morgan fingerprint density at radius 1 is 1.19 bits per heavy atom. The molecular weight excluding hydrogens is 290 g/mol. The first-order valence-corrected chi connectivity index (χ1v) is 8.32. The van der Waals surface area contributed by atoms with Crippen LogP contribution in [0, 0.1) is 20.8 Å². The van der Waals surface area contributed by atoms with Crippen LogP contribution < -0.4 is 11.1 Å². The summed E-state index contributed by atoms with van der Waals surface area (Å²) in [7, 11) is -3.65. The number of anilines is 1. The zero-order valence-electron chi connectivity index (χ0n) is 12.6. The van der Waals surface area contributed by atoms with Crippen molar-refractivity contribution in [3.8, 4) is 0 Å². The highest BCUT2D eigenvalue weighted by atomic mass is 32.2. The third-order valence-corrected chi connectivity index (χ3v) is 6.02. The van der Waals surface area contributed by atoms with E-state index in [1.807, 2.05) is 6.92 Å². The number of amides is 1. The lowest BCUT2D eigenvalue weighted by molar-refractivity contribution is -0.120. The number of nitrogens with two attached hydrogens (primary N) is 1. The van der Waals surface area contributed by atoms with Crippen LogP contribution in [-0.4, -0.2) is 38.3 Å². The van der Waals surface area contributed by atoms with Gasteiger partial charge in [0.2, 0.25) is 15.9 Å². The standard InChI is InChI=1S/C14H21N3O3S/c1-9-8-10(2)14(11(3)13(9)15)21(19,20)17-6-4-12(18)16-5-7-17/h8H,4-7,15H2,1-3H3,(H,16,18). The van der Waals surface area contributed by atoms with Crippen LogP contribution in [0.3, 0.4) is 0 Å². The minimum atomic E-state index is -3.65. The van der Waals surface area contributed by atoms with Gasteiger partial charge in [0, 0.05) is 31.7 Å². The Morgan fingerprint density at radius 3 is 2.52 bits per heavy atom. The number of rotatable bonds is 2. The van der Waals surface area contributed by atoms with Gasteiger partial charge in [0.25, 0.3) is 0 Å². The normalized spacial score (nSPS) is 17.4. The van der Waals surface area contributed by atoms with Crippen molar-refractivity contribution < 1.29 is 13.2 Å². The number of nitrogen functional groups attached to an aromatic ring is 1. The lowest BCUT2D eigenvalue weighted by Crippen LogP contribution is -2.35. The molecule has 21 heavy (non-hydrogen) atoms. The van der Waals surface area contributed by atoms with Crippen molar-refractivity contribution in [3.05, 3.63) is 22.8 Å². The van der Waals surface area contributed by atoms with Crippen LogP contribution in [-0.2, 0) is 14.8 Å². The van der Waals surface area contributed by atoms with Gasteiger partial charge in [0.15, 0.2) is 0 Å². The number of nitrogens with zero attached hydrogens (tertiary/aromatic N) is 1. The number of sulfonamides is 1. The molecule has 0 unspecified atom stereocenters. The van der Waals surface area contributed by atoms with Crippen LogP contribution in [0.5, 0.6) is 0 Å². The molecule has 2 rings (SSSR count). The van der Waals surface area contributed by atoms with Gasteiger partial charge in [-0.05, 0) is 37.5 Å². The predicted octanol–water partition coefficient (Wildman–Crippen LogP) is 0.705. The summed E-state index contributed by atoms with van der Waals surface area (Å²) in [5.41, 5.74) is 8.62. The highest BCUT2D eigenvalue weighted by Gasteiger charge is 2.30. The van der Waals surface area contributed by atoms with E-state index in [0.717, 1.165) is 5.56 Å². The van der Waals surface area contributed by atoms with Gasteiger partial charge in [-0.15, -0.1) is 0 Å². The molecule has 6 nitrogen and oxygen atoms in total. The molecule has 1 saturated heterocycles. The molecule has 1 aliphatic heterocycles. The Labute approximate surface area is 125 Å². The third kappa shape index (κ3) is 2.89. The summed E-state index contributed by atoms with van der Waals surface area (Å²) >= 11 is 0. The second kappa shape index (κ2) is 5.65. The summed E-state index contributed by atoms with van der Waals surface area (Å²) in [5, 5.41) is 2.68. The highest BCUT2D eigenvalue weighted by Crippen LogP contribution is 2.30. The van der Waals surface area contributed by atoms with Gasteiger partial charge in [0.1, 0.15) is 0 Å². The average Bonchev–Trinajstić information content (AvgIpc) is 2.61. The summed E-state index contributed by atoms with van der Waals surface area (Å²) in [6.45, 7) is 6.16. The first kappa shape index (κ1) is 15.8. The summed E-state index contributed by atoms with van der Waals surface area (Å²) in [5.74, 6) is -0.121. The van der Waals surface area contributed by atoms with Crippen molar-refractivity contribution in [1.29, 1.82) is 0 Å². The topological polar surface area (TPSA) is 92.5 Å². The molecule has 1 aromatic rings. The van der Waals surface area contributed by atoms with Crippen molar-refractivity contribution in [2.45, 2.75) is 32.1 Å². The van der Waals surface area contributed by atoms with Gasteiger partial charge in [-0.1, -0.05) is 6.07 Å². The molecule has 0 bridgehead atoms. The van der Waals surface area contributed by atoms with E-state index in [0.29, 0.717) is 23.4 Å². The van der Waals surface area contributed by atoms with Crippen LogP contribution in [0.25, 0.3) is 0 Å². The minimum absolute atomic E-state index is 0.121. The highest BCUT2D eigenvalue weighted by molar-refractivity contribution is 7.89. The fraction of sp³-hybridized carbons (Fsp3) is 0.500. The smallest absolute Gasteiger partial charge is 0.243 e. The minimum Gasteiger partial charge on any atom is -0.398 e. The second-order valence-corrected chi connectivity index (χ2v) is 7.26. The molecule has 1 aromatic carbocycles. The van der Waals surface area contributed by atoms with Crippen molar-refractivity contribution in [2.75, 3.05) is 25.4 Å². The van der Waals surface area contributed by atoms with E-state index in [4.69, 9.17) is 5.73 Å². The van der Waals surface area contributed by atoms with Gasteiger partial charge in [0.05, 0.1) is 4.90 Å². The van der Waals surface area contributed by atoms with E-state index < -0.39 is 10.0 Å². The second-order valence-electron chi connectivity index (χ2n) is 5.38. The Hall–Kier alpha value is -1.60. The Balaban J connectivity index is 2.49. The van der Waals surface area contributed by atoms with E-state index in [9.17, 15) is 13.2 Å². The summed E-state index contributed by atoms with van der Waals surface area (Å²) in [6, 6.07) is 1.79. The van der Waals surface area contributed by atoms with Crippen LogP contribution in [0.1, 0.15) is 23.1 Å². The molecule has 0 atom stereocenters.